The van der Waals surface area contributed by atoms with Crippen molar-refractivity contribution in [2.45, 2.75) is 51.0 Å². The molecule has 0 unspecified atom stereocenters. The number of fused-ring (bicyclic) bond motifs is 1. The molecule has 1 amide bonds. The van der Waals surface area contributed by atoms with Crippen molar-refractivity contribution < 1.29 is 23.9 Å². The molecule has 1 aliphatic carbocycles. The van der Waals surface area contributed by atoms with Gasteiger partial charge in [-0.2, -0.15) is 5.26 Å². The zero-order valence-electron chi connectivity index (χ0n) is 18.8. The van der Waals surface area contributed by atoms with Gasteiger partial charge in [0.25, 0.3) is 0 Å². The standard InChI is InChI=1S/C23H25N3O5S2/c1-4-31-23(29)19-13(2)18(22(28)30-3)21(33-19)26-17(27)9-10-32-20-15(12-24)11-14-7-5-6-8-16(14)25-20/h11H,4-10H2,1-3H3,(H,26,27). The van der Waals surface area contributed by atoms with Gasteiger partial charge in [-0.3, -0.25) is 4.79 Å². The maximum atomic E-state index is 12.6. The highest BCUT2D eigenvalue weighted by atomic mass is 32.2. The lowest BCUT2D eigenvalue weighted by Crippen LogP contribution is -2.14. The third-order valence-corrected chi connectivity index (χ3v) is 7.38. The number of carbonyl (C=O) groups is 3. The van der Waals surface area contributed by atoms with Crippen molar-refractivity contribution in [1.29, 1.82) is 5.26 Å². The highest BCUT2D eigenvalue weighted by Gasteiger charge is 2.27. The maximum Gasteiger partial charge on any atom is 0.348 e. The number of carbonyl (C=O) groups excluding carboxylic acids is 3. The summed E-state index contributed by atoms with van der Waals surface area (Å²) in [6.45, 7) is 3.51. The molecule has 1 aliphatic rings. The first-order valence-corrected chi connectivity index (χ1v) is 12.4. The Hall–Kier alpha value is -2.90. The van der Waals surface area contributed by atoms with E-state index in [0.717, 1.165) is 48.3 Å². The van der Waals surface area contributed by atoms with Gasteiger partial charge < -0.3 is 14.8 Å². The SMILES string of the molecule is CCOC(=O)c1sc(NC(=O)CCSc2nc3c(cc2C#N)CCCC3)c(C(=O)OC)c1C. The lowest BCUT2D eigenvalue weighted by Gasteiger charge is -2.16. The van der Waals surface area contributed by atoms with Crippen LogP contribution in [0.4, 0.5) is 5.00 Å². The summed E-state index contributed by atoms with van der Waals surface area (Å²) in [7, 11) is 1.24. The van der Waals surface area contributed by atoms with Crippen molar-refractivity contribution >= 4 is 45.9 Å². The molecule has 0 aliphatic heterocycles. The number of thiophene rings is 1. The Balaban J connectivity index is 1.69. The van der Waals surface area contributed by atoms with Gasteiger partial charge in [-0.1, -0.05) is 0 Å². The van der Waals surface area contributed by atoms with Crippen LogP contribution < -0.4 is 5.32 Å². The number of amides is 1. The van der Waals surface area contributed by atoms with E-state index in [1.807, 2.05) is 6.07 Å². The van der Waals surface area contributed by atoms with Gasteiger partial charge in [0.2, 0.25) is 5.91 Å². The second-order valence-corrected chi connectivity index (χ2v) is 9.49. The Bertz CT molecular complexity index is 1120. The molecule has 1 N–H and O–H groups in total. The summed E-state index contributed by atoms with van der Waals surface area (Å²) in [5.74, 6) is -1.10. The molecule has 0 spiro atoms. The van der Waals surface area contributed by atoms with Crippen molar-refractivity contribution in [2.75, 3.05) is 24.8 Å². The molecule has 0 fully saturated rings. The first-order valence-electron chi connectivity index (χ1n) is 10.6. The molecule has 0 bridgehead atoms. The fourth-order valence-corrected chi connectivity index (χ4v) is 5.60. The smallest absolute Gasteiger partial charge is 0.348 e. The number of aromatic nitrogens is 1. The van der Waals surface area contributed by atoms with Gasteiger partial charge in [0.1, 0.15) is 21.0 Å². The van der Waals surface area contributed by atoms with Crippen molar-refractivity contribution in [3.8, 4) is 6.07 Å². The number of hydrogen-bond acceptors (Lipinski definition) is 9. The Labute approximate surface area is 200 Å². The summed E-state index contributed by atoms with van der Waals surface area (Å²) in [5.41, 5.74) is 3.26. The van der Waals surface area contributed by atoms with Gasteiger partial charge in [-0.25, -0.2) is 14.6 Å². The minimum absolute atomic E-state index is 0.139. The lowest BCUT2D eigenvalue weighted by atomic mass is 9.95. The minimum Gasteiger partial charge on any atom is -0.465 e. The van der Waals surface area contributed by atoms with Gasteiger partial charge in [0.05, 0.1) is 24.8 Å². The van der Waals surface area contributed by atoms with Gasteiger partial charge in [0.15, 0.2) is 0 Å². The van der Waals surface area contributed by atoms with E-state index in [-0.39, 0.29) is 34.4 Å². The molecule has 8 nitrogen and oxygen atoms in total. The maximum absolute atomic E-state index is 12.6. The Morgan fingerprint density at radius 3 is 2.73 bits per heavy atom. The summed E-state index contributed by atoms with van der Waals surface area (Å²) in [6, 6.07) is 4.12. The first-order chi connectivity index (χ1) is 15.9. The predicted octanol–water partition coefficient (Wildman–Crippen LogP) is 4.29. The lowest BCUT2D eigenvalue weighted by molar-refractivity contribution is -0.115. The number of anilines is 1. The van der Waals surface area contributed by atoms with Crippen LogP contribution in [-0.4, -0.2) is 42.3 Å². The van der Waals surface area contributed by atoms with E-state index < -0.39 is 11.9 Å². The summed E-state index contributed by atoms with van der Waals surface area (Å²) >= 11 is 2.35. The van der Waals surface area contributed by atoms with Crippen LogP contribution >= 0.6 is 23.1 Å². The number of aryl methyl sites for hydroxylation is 2. The number of rotatable bonds is 8. The summed E-state index contributed by atoms with van der Waals surface area (Å²) in [5, 5.41) is 13.1. The third kappa shape index (κ3) is 5.72. The zero-order chi connectivity index (χ0) is 24.0. The predicted molar refractivity (Wildman–Crippen MR) is 126 cm³/mol. The van der Waals surface area contributed by atoms with Crippen molar-refractivity contribution in [1.82, 2.24) is 4.98 Å². The molecular formula is C23H25N3O5S2. The summed E-state index contributed by atoms with van der Waals surface area (Å²) in [4.78, 5) is 42.0. The number of hydrogen-bond donors (Lipinski definition) is 1. The molecule has 0 aromatic carbocycles. The summed E-state index contributed by atoms with van der Waals surface area (Å²) < 4.78 is 9.86. The van der Waals surface area contributed by atoms with Crippen LogP contribution in [0.15, 0.2) is 11.1 Å². The topological polar surface area (TPSA) is 118 Å². The van der Waals surface area contributed by atoms with Crippen molar-refractivity contribution in [2.24, 2.45) is 0 Å². The highest BCUT2D eigenvalue weighted by molar-refractivity contribution is 7.99. The Morgan fingerprint density at radius 2 is 2.03 bits per heavy atom. The van der Waals surface area contributed by atoms with Gasteiger partial charge in [-0.05, 0) is 56.7 Å². The van der Waals surface area contributed by atoms with Crippen molar-refractivity contribution in [3.05, 3.63) is 38.9 Å². The average molecular weight is 488 g/mol. The number of pyridine rings is 1. The number of nitrogens with zero attached hydrogens (tertiary/aromatic N) is 2. The molecule has 33 heavy (non-hydrogen) atoms. The van der Waals surface area contributed by atoms with E-state index in [1.54, 1.807) is 13.8 Å². The van der Waals surface area contributed by atoms with Crippen LogP contribution in [0.3, 0.4) is 0 Å². The van der Waals surface area contributed by atoms with Crippen LogP contribution in [-0.2, 0) is 27.1 Å². The molecule has 10 heteroatoms. The number of nitrogens with one attached hydrogen (secondary N) is 1. The third-order valence-electron chi connectivity index (χ3n) is 5.20. The quantitative estimate of drug-likeness (QED) is 0.433. The molecular weight excluding hydrogens is 462 g/mol. The van der Waals surface area contributed by atoms with E-state index in [4.69, 9.17) is 9.47 Å². The van der Waals surface area contributed by atoms with Crippen LogP contribution in [0, 0.1) is 18.3 Å². The van der Waals surface area contributed by atoms with E-state index in [9.17, 15) is 19.6 Å². The second kappa shape index (κ2) is 11.3. The average Bonchev–Trinajstić information content (AvgIpc) is 3.13. The summed E-state index contributed by atoms with van der Waals surface area (Å²) in [6.07, 6.45) is 4.20. The fraction of sp³-hybridized carbons (Fsp3) is 0.435. The monoisotopic (exact) mass is 487 g/mol. The number of nitriles is 1. The van der Waals surface area contributed by atoms with E-state index in [1.165, 1.54) is 18.9 Å². The van der Waals surface area contributed by atoms with E-state index >= 15 is 0 Å². The van der Waals surface area contributed by atoms with Gasteiger partial charge in [0, 0.05) is 17.9 Å². The van der Waals surface area contributed by atoms with E-state index in [0.29, 0.717) is 21.9 Å². The normalized spacial score (nSPS) is 12.4. The van der Waals surface area contributed by atoms with Gasteiger partial charge >= 0.3 is 11.9 Å². The number of thioether (sulfide) groups is 1. The minimum atomic E-state index is -0.638. The Morgan fingerprint density at radius 1 is 1.27 bits per heavy atom. The number of methoxy groups -OCH3 is 1. The molecule has 3 rings (SSSR count). The van der Waals surface area contributed by atoms with Gasteiger partial charge in [-0.15, -0.1) is 23.1 Å². The van der Waals surface area contributed by atoms with Crippen molar-refractivity contribution in [3.63, 3.8) is 0 Å². The molecule has 2 aromatic heterocycles. The number of ether oxygens (including phenoxy) is 2. The largest absolute Gasteiger partial charge is 0.465 e. The number of esters is 2. The molecule has 174 valence electrons. The molecule has 0 saturated carbocycles. The molecule has 0 radical (unpaired) electrons. The molecule has 2 aromatic rings. The van der Waals surface area contributed by atoms with Crippen LogP contribution in [0.2, 0.25) is 0 Å². The fourth-order valence-electron chi connectivity index (χ4n) is 3.58. The van der Waals surface area contributed by atoms with Crippen LogP contribution in [0.1, 0.15) is 68.6 Å². The second-order valence-electron chi connectivity index (χ2n) is 7.38. The zero-order valence-corrected chi connectivity index (χ0v) is 20.4. The molecule has 2 heterocycles. The first kappa shape index (κ1) is 24.7. The Kier molecular flexibility index (Phi) is 8.47. The molecule has 0 saturated heterocycles. The molecule has 0 atom stereocenters. The van der Waals surface area contributed by atoms with E-state index in [2.05, 4.69) is 16.4 Å². The van der Waals surface area contributed by atoms with Crippen LogP contribution in [0.5, 0.6) is 0 Å². The van der Waals surface area contributed by atoms with Crippen LogP contribution in [0.25, 0.3) is 0 Å². The highest BCUT2D eigenvalue weighted by Crippen LogP contribution is 2.34.